The molecular formula is C17H29N3O2. The summed E-state index contributed by atoms with van der Waals surface area (Å²) in [5, 5.41) is 0. The van der Waals surface area contributed by atoms with Crippen molar-refractivity contribution >= 4 is 6.09 Å². The first kappa shape index (κ1) is 16.9. The molecule has 1 amide bonds. The smallest absolute Gasteiger partial charge is 0.410 e. The van der Waals surface area contributed by atoms with Crippen LogP contribution < -0.4 is 0 Å². The van der Waals surface area contributed by atoms with Gasteiger partial charge in [-0.3, -0.25) is 4.90 Å². The first-order valence-corrected chi connectivity index (χ1v) is 8.11. The third-order valence-electron chi connectivity index (χ3n) is 4.31. The minimum Gasteiger partial charge on any atom is -0.444 e. The molecule has 0 bridgehead atoms. The Morgan fingerprint density at radius 2 is 2.23 bits per heavy atom. The van der Waals surface area contributed by atoms with E-state index in [9.17, 15) is 4.79 Å². The lowest BCUT2D eigenvalue weighted by atomic mass is 10.0. The number of hydrogen-bond donors (Lipinski definition) is 1. The summed E-state index contributed by atoms with van der Waals surface area (Å²) in [6.07, 6.45) is 3.89. The van der Waals surface area contributed by atoms with Gasteiger partial charge in [-0.2, -0.15) is 0 Å². The van der Waals surface area contributed by atoms with Crippen molar-refractivity contribution in [3.63, 3.8) is 0 Å². The van der Waals surface area contributed by atoms with E-state index in [-0.39, 0.29) is 6.09 Å². The number of likely N-dealkylation sites (tertiary alicyclic amines) is 1. The number of piperidine rings is 1. The van der Waals surface area contributed by atoms with Crippen LogP contribution in [0.4, 0.5) is 4.79 Å². The maximum atomic E-state index is 12.3. The number of nitrogens with zero attached hydrogens (tertiary/aromatic N) is 2. The summed E-state index contributed by atoms with van der Waals surface area (Å²) < 4.78 is 5.50. The summed E-state index contributed by atoms with van der Waals surface area (Å²) in [5.41, 5.74) is 0.768. The summed E-state index contributed by atoms with van der Waals surface area (Å²) in [6.45, 7) is 9.44. The highest BCUT2D eigenvalue weighted by atomic mass is 16.6. The Morgan fingerprint density at radius 3 is 2.82 bits per heavy atom. The van der Waals surface area contributed by atoms with Gasteiger partial charge in [0.1, 0.15) is 5.60 Å². The van der Waals surface area contributed by atoms with Gasteiger partial charge in [-0.15, -0.1) is 0 Å². The van der Waals surface area contributed by atoms with Gasteiger partial charge < -0.3 is 14.6 Å². The van der Waals surface area contributed by atoms with Gasteiger partial charge in [-0.25, -0.2) is 4.79 Å². The number of carbonyl (C=O) groups excluding carboxylic acids is 1. The van der Waals surface area contributed by atoms with Crippen LogP contribution in [0, 0.1) is 0 Å². The molecule has 0 saturated carbocycles. The number of likely N-dealkylation sites (N-methyl/N-ethyl adjacent to an activating group) is 1. The van der Waals surface area contributed by atoms with Crippen LogP contribution >= 0.6 is 0 Å². The number of aromatic amines is 1. The Labute approximate surface area is 133 Å². The summed E-state index contributed by atoms with van der Waals surface area (Å²) in [6, 6.07) is 4.79. The van der Waals surface area contributed by atoms with E-state index in [1.165, 1.54) is 5.69 Å². The van der Waals surface area contributed by atoms with Gasteiger partial charge in [0, 0.05) is 37.1 Å². The van der Waals surface area contributed by atoms with E-state index >= 15 is 0 Å². The van der Waals surface area contributed by atoms with Gasteiger partial charge in [-0.05, 0) is 59.7 Å². The van der Waals surface area contributed by atoms with Gasteiger partial charge in [0.05, 0.1) is 0 Å². The maximum Gasteiger partial charge on any atom is 0.410 e. The van der Waals surface area contributed by atoms with Gasteiger partial charge in [0.2, 0.25) is 0 Å². The number of nitrogens with one attached hydrogen (secondary N) is 1. The molecule has 5 nitrogen and oxygen atoms in total. The number of ether oxygens (including phenoxy) is 1. The molecule has 1 aromatic rings. The van der Waals surface area contributed by atoms with Crippen molar-refractivity contribution in [2.45, 2.75) is 58.2 Å². The minimum atomic E-state index is -0.437. The van der Waals surface area contributed by atoms with Crippen molar-refractivity contribution in [3.05, 3.63) is 24.0 Å². The van der Waals surface area contributed by atoms with Crippen LogP contribution in [0.1, 0.15) is 52.3 Å². The van der Waals surface area contributed by atoms with Crippen LogP contribution in [0.3, 0.4) is 0 Å². The SMILES string of the molecule is C[C@@H](c1ccc[nH]1)N(C)[C@H]1CCCN(C(=O)OC(C)(C)C)C1. The van der Waals surface area contributed by atoms with E-state index in [4.69, 9.17) is 4.74 Å². The summed E-state index contributed by atoms with van der Waals surface area (Å²) in [5.74, 6) is 0. The molecule has 2 heterocycles. The Balaban J connectivity index is 1.96. The molecular weight excluding hydrogens is 278 g/mol. The van der Waals surface area contributed by atoms with Gasteiger partial charge >= 0.3 is 6.09 Å². The Kier molecular flexibility index (Phi) is 5.16. The highest BCUT2D eigenvalue weighted by Gasteiger charge is 2.31. The van der Waals surface area contributed by atoms with Crippen molar-refractivity contribution in [1.29, 1.82) is 0 Å². The summed E-state index contributed by atoms with van der Waals surface area (Å²) >= 11 is 0. The largest absolute Gasteiger partial charge is 0.444 e. The lowest BCUT2D eigenvalue weighted by Crippen LogP contribution is -2.50. The first-order valence-electron chi connectivity index (χ1n) is 8.11. The molecule has 1 N–H and O–H groups in total. The first-order chi connectivity index (χ1) is 10.3. The lowest BCUT2D eigenvalue weighted by molar-refractivity contribution is 0.00961. The fourth-order valence-electron chi connectivity index (χ4n) is 2.92. The Bertz CT molecular complexity index is 479. The molecule has 2 rings (SSSR count). The zero-order valence-electron chi connectivity index (χ0n) is 14.4. The van der Waals surface area contributed by atoms with Crippen LogP contribution in [0.2, 0.25) is 0 Å². The molecule has 1 aliphatic rings. The molecule has 22 heavy (non-hydrogen) atoms. The molecule has 0 aliphatic carbocycles. The van der Waals surface area contributed by atoms with Crippen molar-refractivity contribution in [2.75, 3.05) is 20.1 Å². The van der Waals surface area contributed by atoms with Crippen molar-refractivity contribution in [1.82, 2.24) is 14.8 Å². The zero-order chi connectivity index (χ0) is 16.3. The quantitative estimate of drug-likeness (QED) is 0.931. The standard InChI is InChI=1S/C17H29N3O2/c1-13(15-9-6-10-18-15)19(5)14-8-7-11-20(12-14)16(21)22-17(2,3)4/h6,9-10,13-14,18H,7-8,11-12H2,1-5H3/t13-,14-/m0/s1. The van der Waals surface area contributed by atoms with Crippen LogP contribution in [0.5, 0.6) is 0 Å². The molecule has 124 valence electrons. The average Bonchev–Trinajstić information content (AvgIpc) is 2.98. The maximum absolute atomic E-state index is 12.3. The summed E-state index contributed by atoms with van der Waals surface area (Å²) in [4.78, 5) is 19.7. The van der Waals surface area contributed by atoms with Gasteiger partial charge in [0.25, 0.3) is 0 Å². The Morgan fingerprint density at radius 1 is 1.50 bits per heavy atom. The fourth-order valence-corrected chi connectivity index (χ4v) is 2.92. The monoisotopic (exact) mass is 307 g/mol. The Hall–Kier alpha value is -1.49. The zero-order valence-corrected chi connectivity index (χ0v) is 14.4. The van der Waals surface area contributed by atoms with E-state index < -0.39 is 5.60 Å². The molecule has 0 unspecified atom stereocenters. The fraction of sp³-hybridized carbons (Fsp3) is 0.706. The van der Waals surface area contributed by atoms with Gasteiger partial charge in [-0.1, -0.05) is 0 Å². The van der Waals surface area contributed by atoms with Crippen LogP contribution in [0.15, 0.2) is 18.3 Å². The predicted molar refractivity (Wildman–Crippen MR) is 87.8 cm³/mol. The van der Waals surface area contributed by atoms with Gasteiger partial charge in [0.15, 0.2) is 0 Å². The van der Waals surface area contributed by atoms with E-state index in [1.807, 2.05) is 37.9 Å². The van der Waals surface area contributed by atoms with Crippen molar-refractivity contribution < 1.29 is 9.53 Å². The second-order valence-electron chi connectivity index (χ2n) is 7.19. The number of rotatable bonds is 3. The van der Waals surface area contributed by atoms with Crippen LogP contribution in [0.25, 0.3) is 0 Å². The number of hydrogen-bond acceptors (Lipinski definition) is 3. The minimum absolute atomic E-state index is 0.196. The topological polar surface area (TPSA) is 48.6 Å². The van der Waals surface area contributed by atoms with E-state index in [0.717, 1.165) is 25.9 Å². The number of H-pyrrole nitrogens is 1. The second kappa shape index (κ2) is 6.73. The second-order valence-corrected chi connectivity index (χ2v) is 7.19. The number of amides is 1. The number of carbonyl (C=O) groups is 1. The van der Waals surface area contributed by atoms with Crippen molar-refractivity contribution in [2.24, 2.45) is 0 Å². The highest BCUT2D eigenvalue weighted by molar-refractivity contribution is 5.68. The molecule has 2 atom stereocenters. The van der Waals surface area contributed by atoms with E-state index in [0.29, 0.717) is 12.1 Å². The molecule has 0 aromatic carbocycles. The molecule has 0 radical (unpaired) electrons. The predicted octanol–water partition coefficient (Wildman–Crippen LogP) is 3.41. The third-order valence-corrected chi connectivity index (χ3v) is 4.31. The average molecular weight is 307 g/mol. The van der Waals surface area contributed by atoms with E-state index in [1.54, 1.807) is 0 Å². The molecule has 5 heteroatoms. The normalized spacial score (nSPS) is 21.0. The van der Waals surface area contributed by atoms with Crippen molar-refractivity contribution in [3.8, 4) is 0 Å². The molecule has 1 aromatic heterocycles. The van der Waals surface area contributed by atoms with Crippen LogP contribution in [-0.2, 0) is 4.74 Å². The summed E-state index contributed by atoms with van der Waals surface area (Å²) in [7, 11) is 2.13. The number of aromatic nitrogens is 1. The molecule has 0 spiro atoms. The molecule has 1 saturated heterocycles. The van der Waals surface area contributed by atoms with Crippen LogP contribution in [-0.4, -0.2) is 52.7 Å². The molecule has 1 aliphatic heterocycles. The third kappa shape index (κ3) is 4.26. The highest BCUT2D eigenvalue weighted by Crippen LogP contribution is 2.25. The lowest BCUT2D eigenvalue weighted by Gasteiger charge is -2.40. The molecule has 1 fully saturated rings. The van der Waals surface area contributed by atoms with E-state index in [2.05, 4.69) is 29.9 Å².